The van der Waals surface area contributed by atoms with E-state index in [1.165, 1.54) is 12.7 Å². The molecule has 0 bridgehead atoms. The molecular weight excluding hydrogens is 312 g/mol. The molecule has 1 N–H and O–H groups in total. The van der Waals surface area contributed by atoms with Crippen LogP contribution in [0.15, 0.2) is 24.3 Å². The molecule has 23 heavy (non-hydrogen) atoms. The summed E-state index contributed by atoms with van der Waals surface area (Å²) < 4.78 is 25.6. The molecule has 5 nitrogen and oxygen atoms in total. The second kappa shape index (κ2) is 7.93. The third-order valence-electron chi connectivity index (χ3n) is 4.34. The van der Waals surface area contributed by atoms with E-state index in [1.54, 1.807) is 16.4 Å². The van der Waals surface area contributed by atoms with Crippen molar-refractivity contribution in [2.75, 3.05) is 19.3 Å². The van der Waals surface area contributed by atoms with Crippen molar-refractivity contribution in [1.82, 2.24) is 9.62 Å². The lowest BCUT2D eigenvalue weighted by molar-refractivity contribution is 0.0949. The van der Waals surface area contributed by atoms with Gasteiger partial charge in [0.1, 0.15) is 0 Å². The van der Waals surface area contributed by atoms with Crippen LogP contribution in [0.25, 0.3) is 0 Å². The number of rotatable bonds is 6. The van der Waals surface area contributed by atoms with E-state index in [0.717, 1.165) is 31.2 Å². The van der Waals surface area contributed by atoms with E-state index in [-0.39, 0.29) is 11.9 Å². The zero-order valence-corrected chi connectivity index (χ0v) is 14.7. The largest absolute Gasteiger partial charge is 0.351 e. The molecule has 1 aliphatic rings. The quantitative estimate of drug-likeness (QED) is 0.865. The van der Waals surface area contributed by atoms with Crippen LogP contribution in [0.5, 0.6) is 0 Å². The fraction of sp³-hybridized carbons (Fsp3) is 0.588. The number of hydrogen-bond donors (Lipinski definition) is 1. The summed E-state index contributed by atoms with van der Waals surface area (Å²) >= 11 is 0. The average molecular weight is 338 g/mol. The van der Waals surface area contributed by atoms with Crippen LogP contribution in [0.2, 0.25) is 0 Å². The summed E-state index contributed by atoms with van der Waals surface area (Å²) in [5, 5.41) is 2.82. The summed E-state index contributed by atoms with van der Waals surface area (Å²) in [5.41, 5.74) is 1.70. The van der Waals surface area contributed by atoms with Crippen molar-refractivity contribution in [2.24, 2.45) is 0 Å². The van der Waals surface area contributed by atoms with Gasteiger partial charge < -0.3 is 5.32 Å². The number of benzene rings is 1. The molecular formula is C17H26N2O3S. The topological polar surface area (TPSA) is 66.5 Å². The fourth-order valence-corrected chi connectivity index (χ4v) is 4.25. The Balaban J connectivity index is 1.91. The Hall–Kier alpha value is -1.40. The minimum atomic E-state index is -3.25. The molecule has 0 aromatic heterocycles. The van der Waals surface area contributed by atoms with E-state index in [4.69, 9.17) is 0 Å². The van der Waals surface area contributed by atoms with Gasteiger partial charge >= 0.3 is 0 Å². The van der Waals surface area contributed by atoms with Crippen molar-refractivity contribution in [3.63, 3.8) is 0 Å². The molecule has 0 atom stereocenters. The van der Waals surface area contributed by atoms with Gasteiger partial charge in [0.25, 0.3) is 5.91 Å². The molecule has 0 unspecified atom stereocenters. The maximum absolute atomic E-state index is 12.1. The predicted octanol–water partition coefficient (Wildman–Crippen LogP) is 2.32. The highest BCUT2D eigenvalue weighted by molar-refractivity contribution is 7.88. The Bertz CT molecular complexity index is 620. The molecule has 0 aliphatic heterocycles. The number of sulfonamides is 1. The number of carbonyl (C=O) groups excluding carboxylic acids is 1. The number of nitrogens with one attached hydrogen (secondary N) is 1. The monoisotopic (exact) mass is 338 g/mol. The van der Waals surface area contributed by atoms with Gasteiger partial charge in [0, 0.05) is 24.7 Å². The van der Waals surface area contributed by atoms with E-state index in [2.05, 4.69) is 5.32 Å². The lowest BCUT2D eigenvalue weighted by atomic mass is 9.95. The molecule has 0 spiro atoms. The second-order valence-electron chi connectivity index (χ2n) is 6.29. The molecule has 1 amide bonds. The molecule has 128 valence electrons. The summed E-state index contributed by atoms with van der Waals surface area (Å²) in [6.45, 7) is 2.63. The third kappa shape index (κ3) is 5.32. The van der Waals surface area contributed by atoms with Gasteiger partial charge in [0.05, 0.1) is 6.26 Å². The van der Waals surface area contributed by atoms with E-state index in [9.17, 15) is 13.2 Å². The van der Waals surface area contributed by atoms with Crippen molar-refractivity contribution in [2.45, 2.75) is 45.1 Å². The van der Waals surface area contributed by atoms with Crippen LogP contribution in [0, 0.1) is 6.92 Å². The molecule has 1 saturated carbocycles. The number of carbonyl (C=O) groups is 1. The SMILES string of the molecule is Cc1ccc(C(=O)NCCN(C2CCCCC2)S(C)(=O)=O)cc1. The lowest BCUT2D eigenvalue weighted by Crippen LogP contribution is -2.45. The minimum absolute atomic E-state index is 0.0787. The number of nitrogens with zero attached hydrogens (tertiary/aromatic N) is 1. The Kier molecular flexibility index (Phi) is 6.18. The Morgan fingerprint density at radius 2 is 1.78 bits per heavy atom. The van der Waals surface area contributed by atoms with Crippen LogP contribution in [0.4, 0.5) is 0 Å². The number of aryl methyl sites for hydroxylation is 1. The number of amides is 1. The van der Waals surface area contributed by atoms with E-state index < -0.39 is 10.0 Å². The summed E-state index contributed by atoms with van der Waals surface area (Å²) in [5.74, 6) is -0.165. The third-order valence-corrected chi connectivity index (χ3v) is 5.67. The smallest absolute Gasteiger partial charge is 0.251 e. The first-order chi connectivity index (χ1) is 10.9. The first-order valence-electron chi connectivity index (χ1n) is 8.19. The molecule has 2 rings (SSSR count). The summed E-state index contributed by atoms with van der Waals surface area (Å²) in [6, 6.07) is 7.41. The van der Waals surface area contributed by atoms with E-state index in [0.29, 0.717) is 18.7 Å². The molecule has 0 radical (unpaired) electrons. The van der Waals surface area contributed by atoms with Gasteiger partial charge in [0.2, 0.25) is 10.0 Å². The van der Waals surface area contributed by atoms with Gasteiger partial charge in [-0.05, 0) is 31.9 Å². The highest BCUT2D eigenvalue weighted by atomic mass is 32.2. The van der Waals surface area contributed by atoms with Gasteiger partial charge in [-0.3, -0.25) is 4.79 Å². The molecule has 1 aliphatic carbocycles. The molecule has 1 fully saturated rings. The van der Waals surface area contributed by atoms with Crippen LogP contribution in [0.1, 0.15) is 48.0 Å². The molecule has 0 saturated heterocycles. The molecule has 1 aromatic carbocycles. The van der Waals surface area contributed by atoms with Gasteiger partial charge in [-0.1, -0.05) is 37.0 Å². The first-order valence-corrected chi connectivity index (χ1v) is 10.0. The molecule has 0 heterocycles. The van der Waals surface area contributed by atoms with Crippen LogP contribution in [-0.4, -0.2) is 44.0 Å². The van der Waals surface area contributed by atoms with Gasteiger partial charge in [-0.15, -0.1) is 0 Å². The first kappa shape index (κ1) is 17.9. The molecule has 6 heteroatoms. The van der Waals surface area contributed by atoms with Crippen LogP contribution in [0.3, 0.4) is 0 Å². The summed E-state index contributed by atoms with van der Waals surface area (Å²) in [4.78, 5) is 12.1. The lowest BCUT2D eigenvalue weighted by Gasteiger charge is -2.32. The number of hydrogen-bond acceptors (Lipinski definition) is 3. The Labute approximate surface area is 139 Å². The van der Waals surface area contributed by atoms with Crippen LogP contribution >= 0.6 is 0 Å². The van der Waals surface area contributed by atoms with Crippen molar-refractivity contribution in [3.8, 4) is 0 Å². The van der Waals surface area contributed by atoms with E-state index in [1.807, 2.05) is 19.1 Å². The van der Waals surface area contributed by atoms with Gasteiger partial charge in [-0.25, -0.2) is 8.42 Å². The van der Waals surface area contributed by atoms with Gasteiger partial charge in [0.15, 0.2) is 0 Å². The van der Waals surface area contributed by atoms with Crippen molar-refractivity contribution in [1.29, 1.82) is 0 Å². The fourth-order valence-electron chi connectivity index (χ4n) is 3.07. The zero-order chi connectivity index (χ0) is 16.9. The van der Waals surface area contributed by atoms with Gasteiger partial charge in [-0.2, -0.15) is 4.31 Å². The van der Waals surface area contributed by atoms with Crippen molar-refractivity contribution < 1.29 is 13.2 Å². The Morgan fingerprint density at radius 3 is 2.35 bits per heavy atom. The predicted molar refractivity (Wildman–Crippen MR) is 91.9 cm³/mol. The average Bonchev–Trinajstić information content (AvgIpc) is 2.51. The molecule has 1 aromatic rings. The second-order valence-corrected chi connectivity index (χ2v) is 8.22. The standard InChI is InChI=1S/C17H26N2O3S/c1-14-8-10-15(11-9-14)17(20)18-12-13-19(23(2,21)22)16-6-4-3-5-7-16/h8-11,16H,3-7,12-13H2,1-2H3,(H,18,20). The van der Waals surface area contributed by atoms with E-state index >= 15 is 0 Å². The summed E-state index contributed by atoms with van der Waals surface area (Å²) in [7, 11) is -3.25. The highest BCUT2D eigenvalue weighted by Gasteiger charge is 2.27. The van der Waals surface area contributed by atoms with Crippen molar-refractivity contribution >= 4 is 15.9 Å². The maximum Gasteiger partial charge on any atom is 0.251 e. The van der Waals surface area contributed by atoms with Crippen LogP contribution < -0.4 is 5.32 Å². The highest BCUT2D eigenvalue weighted by Crippen LogP contribution is 2.24. The normalized spacial score (nSPS) is 16.5. The maximum atomic E-state index is 12.1. The summed E-state index contributed by atoms with van der Waals surface area (Å²) in [6.07, 6.45) is 6.42. The van der Waals surface area contributed by atoms with Crippen molar-refractivity contribution in [3.05, 3.63) is 35.4 Å². The minimum Gasteiger partial charge on any atom is -0.351 e. The zero-order valence-electron chi connectivity index (χ0n) is 13.9. The van der Waals surface area contributed by atoms with Crippen LogP contribution in [-0.2, 0) is 10.0 Å². The Morgan fingerprint density at radius 1 is 1.17 bits per heavy atom.